The number of carbonyl (C=O) groups is 1. The molecule has 0 saturated heterocycles. The first kappa shape index (κ1) is 10.9. The van der Waals surface area contributed by atoms with E-state index in [1.807, 2.05) is 0 Å². The Labute approximate surface area is 96.5 Å². The molecule has 0 bridgehead atoms. The van der Waals surface area contributed by atoms with Crippen molar-refractivity contribution in [1.82, 2.24) is 0 Å². The van der Waals surface area contributed by atoms with Crippen LogP contribution in [0.25, 0.3) is 0 Å². The molecular weight excluding hydrogens is 228 g/mol. The van der Waals surface area contributed by atoms with Crippen LogP contribution in [0.3, 0.4) is 0 Å². The van der Waals surface area contributed by atoms with E-state index in [1.165, 1.54) is 12.1 Å². The molecule has 1 aliphatic heterocycles. The number of thioether (sulfide) groups is 1. The quantitative estimate of drug-likeness (QED) is 0.773. The van der Waals surface area contributed by atoms with Gasteiger partial charge in [0.1, 0.15) is 16.4 Å². The Morgan fingerprint density at radius 2 is 1.88 bits per heavy atom. The summed E-state index contributed by atoms with van der Waals surface area (Å²) in [6.45, 7) is 0.226. The van der Waals surface area contributed by atoms with Crippen LogP contribution in [0.4, 0.5) is 0 Å². The predicted molar refractivity (Wildman–Crippen MR) is 59.2 cm³/mol. The van der Waals surface area contributed by atoms with Crippen molar-refractivity contribution in [3.05, 3.63) is 34.9 Å². The topological polar surface area (TPSA) is 66.8 Å². The summed E-state index contributed by atoms with van der Waals surface area (Å²) in [4.78, 5) is 12.3. The van der Waals surface area contributed by atoms with Crippen molar-refractivity contribution < 1.29 is 19.7 Å². The van der Waals surface area contributed by atoms with E-state index in [9.17, 15) is 9.90 Å². The first-order valence-corrected chi connectivity index (χ1v) is 5.54. The first-order valence-electron chi connectivity index (χ1n) is 4.73. The smallest absolute Gasteiger partial charge is 0.348 e. The molecule has 0 atom stereocenters. The minimum Gasteiger partial charge on any atom is -0.511 e. The van der Waals surface area contributed by atoms with Gasteiger partial charge in [0, 0.05) is 11.3 Å². The largest absolute Gasteiger partial charge is 0.511 e. The number of rotatable bonds is 2. The lowest BCUT2D eigenvalue weighted by molar-refractivity contribution is -0.139. The van der Waals surface area contributed by atoms with Gasteiger partial charge in [-0.2, -0.15) is 0 Å². The number of aromatic hydroxyl groups is 1. The van der Waals surface area contributed by atoms with Gasteiger partial charge in [0.2, 0.25) is 0 Å². The zero-order valence-electron chi connectivity index (χ0n) is 8.34. The van der Waals surface area contributed by atoms with E-state index < -0.39 is 5.97 Å². The second-order valence-corrected chi connectivity index (χ2v) is 4.34. The average molecular weight is 238 g/mol. The Morgan fingerprint density at radius 3 is 2.50 bits per heavy atom. The molecule has 0 aliphatic carbocycles. The maximum Gasteiger partial charge on any atom is 0.348 e. The van der Waals surface area contributed by atoms with Gasteiger partial charge in [-0.15, -0.1) is 0 Å². The van der Waals surface area contributed by atoms with Crippen molar-refractivity contribution >= 4 is 17.7 Å². The fraction of sp³-hybridized carbons (Fsp3) is 0.182. The molecule has 84 valence electrons. The molecule has 0 fully saturated rings. The number of aliphatic hydroxyl groups excluding tert-OH is 1. The highest BCUT2D eigenvalue weighted by molar-refractivity contribution is 8.04. The Bertz CT molecular complexity index is 436. The zero-order valence-corrected chi connectivity index (χ0v) is 9.16. The number of phenolic OH excluding ortho intramolecular Hbond substituents is 1. The number of ether oxygens (including phenoxy) is 1. The molecule has 2 rings (SSSR count). The van der Waals surface area contributed by atoms with E-state index >= 15 is 0 Å². The SMILES string of the molecule is O=C1OCCC(O)=C1Sc1ccc(O)cc1. The number of phenols is 1. The Morgan fingerprint density at radius 1 is 1.19 bits per heavy atom. The van der Waals surface area contributed by atoms with Crippen molar-refractivity contribution in [3.63, 3.8) is 0 Å². The summed E-state index contributed by atoms with van der Waals surface area (Å²) in [6.07, 6.45) is 0.353. The summed E-state index contributed by atoms with van der Waals surface area (Å²) < 4.78 is 4.83. The fourth-order valence-electron chi connectivity index (χ4n) is 1.27. The highest BCUT2D eigenvalue weighted by Crippen LogP contribution is 2.32. The van der Waals surface area contributed by atoms with Gasteiger partial charge in [0.25, 0.3) is 0 Å². The van der Waals surface area contributed by atoms with E-state index in [0.29, 0.717) is 6.42 Å². The summed E-state index contributed by atoms with van der Waals surface area (Å²) >= 11 is 1.13. The third-order valence-corrected chi connectivity index (χ3v) is 3.19. The minimum atomic E-state index is -0.498. The van der Waals surface area contributed by atoms with E-state index in [-0.39, 0.29) is 23.0 Å². The predicted octanol–water partition coefficient (Wildman–Crippen LogP) is 2.20. The molecule has 2 N–H and O–H groups in total. The second kappa shape index (κ2) is 4.49. The molecule has 16 heavy (non-hydrogen) atoms. The summed E-state index contributed by atoms with van der Waals surface area (Å²) in [7, 11) is 0. The fourth-order valence-corrected chi connectivity index (χ4v) is 2.14. The lowest BCUT2D eigenvalue weighted by atomic mass is 10.3. The minimum absolute atomic E-state index is 0.0642. The van der Waals surface area contributed by atoms with E-state index in [2.05, 4.69) is 0 Å². The van der Waals surface area contributed by atoms with Crippen LogP contribution in [0.5, 0.6) is 5.75 Å². The summed E-state index contributed by atoms with van der Waals surface area (Å²) in [5.74, 6) is -0.273. The number of hydrogen-bond acceptors (Lipinski definition) is 5. The molecule has 1 aliphatic rings. The van der Waals surface area contributed by atoms with Gasteiger partial charge in [-0.05, 0) is 24.3 Å². The molecule has 0 amide bonds. The van der Waals surface area contributed by atoms with Crippen LogP contribution in [-0.2, 0) is 9.53 Å². The molecule has 0 unspecified atom stereocenters. The van der Waals surface area contributed by atoms with Crippen LogP contribution >= 0.6 is 11.8 Å². The van der Waals surface area contributed by atoms with Crippen molar-refractivity contribution in [2.24, 2.45) is 0 Å². The van der Waals surface area contributed by atoms with Crippen LogP contribution in [0.1, 0.15) is 6.42 Å². The molecule has 4 nitrogen and oxygen atoms in total. The molecule has 0 aromatic heterocycles. The summed E-state index contributed by atoms with van der Waals surface area (Å²) in [5, 5.41) is 18.7. The Kier molecular flexibility index (Phi) is 3.05. The third-order valence-electron chi connectivity index (χ3n) is 2.08. The molecule has 0 radical (unpaired) electrons. The molecule has 1 aromatic rings. The number of carbonyl (C=O) groups excluding carboxylic acids is 1. The van der Waals surface area contributed by atoms with Crippen molar-refractivity contribution in [2.75, 3.05) is 6.61 Å². The number of benzene rings is 1. The van der Waals surface area contributed by atoms with Gasteiger partial charge in [-0.3, -0.25) is 0 Å². The lowest BCUT2D eigenvalue weighted by Gasteiger charge is -2.15. The number of hydrogen-bond donors (Lipinski definition) is 2. The summed E-state index contributed by atoms with van der Waals surface area (Å²) in [5.41, 5.74) is 0. The average Bonchev–Trinajstić information content (AvgIpc) is 2.26. The van der Waals surface area contributed by atoms with Crippen LogP contribution in [0.15, 0.2) is 39.8 Å². The van der Waals surface area contributed by atoms with Gasteiger partial charge in [0.05, 0.1) is 6.61 Å². The Hall–Kier alpha value is -1.62. The van der Waals surface area contributed by atoms with Gasteiger partial charge >= 0.3 is 5.97 Å². The highest BCUT2D eigenvalue weighted by atomic mass is 32.2. The number of esters is 1. The standard InChI is InChI=1S/C11H10O4S/c12-7-1-3-8(4-2-7)16-10-9(13)5-6-15-11(10)14/h1-4,12-13H,5-6H2. The van der Waals surface area contributed by atoms with Crippen molar-refractivity contribution in [1.29, 1.82) is 0 Å². The van der Waals surface area contributed by atoms with Crippen LogP contribution in [0, 0.1) is 0 Å². The normalized spacial score (nSPS) is 16.1. The van der Waals surface area contributed by atoms with Crippen LogP contribution in [-0.4, -0.2) is 22.8 Å². The maximum absolute atomic E-state index is 11.4. The van der Waals surface area contributed by atoms with Gasteiger partial charge in [-0.25, -0.2) is 4.79 Å². The van der Waals surface area contributed by atoms with Crippen molar-refractivity contribution in [2.45, 2.75) is 11.3 Å². The molecule has 0 spiro atoms. The first-order chi connectivity index (χ1) is 7.66. The van der Waals surface area contributed by atoms with E-state index in [0.717, 1.165) is 16.7 Å². The molecule has 1 heterocycles. The molecule has 0 saturated carbocycles. The maximum atomic E-state index is 11.4. The Balaban J connectivity index is 2.20. The van der Waals surface area contributed by atoms with Gasteiger partial charge < -0.3 is 14.9 Å². The monoisotopic (exact) mass is 238 g/mol. The third kappa shape index (κ3) is 2.30. The highest BCUT2D eigenvalue weighted by Gasteiger charge is 2.22. The number of aliphatic hydroxyl groups is 1. The van der Waals surface area contributed by atoms with Crippen LogP contribution in [0.2, 0.25) is 0 Å². The van der Waals surface area contributed by atoms with Gasteiger partial charge in [-0.1, -0.05) is 11.8 Å². The van der Waals surface area contributed by atoms with E-state index in [1.54, 1.807) is 12.1 Å². The van der Waals surface area contributed by atoms with Crippen molar-refractivity contribution in [3.8, 4) is 5.75 Å². The zero-order chi connectivity index (χ0) is 11.5. The van der Waals surface area contributed by atoms with Crippen LogP contribution < -0.4 is 0 Å². The molecule has 1 aromatic carbocycles. The number of cyclic esters (lactones) is 1. The molecule has 5 heteroatoms. The van der Waals surface area contributed by atoms with Gasteiger partial charge in [0.15, 0.2) is 0 Å². The van der Waals surface area contributed by atoms with E-state index in [4.69, 9.17) is 9.84 Å². The summed E-state index contributed by atoms with van der Waals surface area (Å²) in [6, 6.07) is 6.38. The molecular formula is C11H10O4S. The second-order valence-electron chi connectivity index (χ2n) is 3.26. The lowest BCUT2D eigenvalue weighted by Crippen LogP contribution is -2.15.